The van der Waals surface area contributed by atoms with Crippen molar-refractivity contribution in [3.63, 3.8) is 0 Å². The number of aryl methyl sites for hydroxylation is 1. The zero-order valence-electron chi connectivity index (χ0n) is 10.1. The van der Waals surface area contributed by atoms with Gasteiger partial charge in [-0.1, -0.05) is 19.3 Å². The van der Waals surface area contributed by atoms with E-state index in [1.165, 1.54) is 19.3 Å². The van der Waals surface area contributed by atoms with Crippen molar-refractivity contribution >= 4 is 19.7 Å². The molecule has 1 fully saturated rings. The molecule has 1 heterocycles. The molecule has 17 heavy (non-hydrogen) atoms. The molecule has 1 aliphatic carbocycles. The molecule has 0 N–H and O–H groups in total. The molecule has 4 nitrogen and oxygen atoms in total. The van der Waals surface area contributed by atoms with Gasteiger partial charge in [0.15, 0.2) is 0 Å². The number of hydrogen-bond acceptors (Lipinski definition) is 3. The summed E-state index contributed by atoms with van der Waals surface area (Å²) in [6.07, 6.45) is 5.78. The molecule has 0 saturated heterocycles. The fourth-order valence-corrected chi connectivity index (χ4v) is 4.19. The third-order valence-corrected chi connectivity index (χ3v) is 4.96. The first-order valence-electron chi connectivity index (χ1n) is 5.91. The molecule has 1 aromatic heterocycles. The minimum Gasteiger partial charge on any atom is -0.265 e. The molecular formula is C11H17ClN2O2S. The Morgan fingerprint density at radius 3 is 2.29 bits per heavy atom. The van der Waals surface area contributed by atoms with Crippen molar-refractivity contribution in [2.45, 2.75) is 56.9 Å². The SMILES string of the molecule is Cc1nn(C2CCCCC2)c(C)c1S(=O)(=O)Cl. The van der Waals surface area contributed by atoms with Crippen LogP contribution in [0.5, 0.6) is 0 Å². The number of rotatable bonds is 2. The zero-order chi connectivity index (χ0) is 12.6. The lowest BCUT2D eigenvalue weighted by Crippen LogP contribution is -2.15. The highest BCUT2D eigenvalue weighted by Gasteiger charge is 2.26. The van der Waals surface area contributed by atoms with Crippen molar-refractivity contribution in [3.05, 3.63) is 11.4 Å². The lowest BCUT2D eigenvalue weighted by Gasteiger charge is -2.23. The fraction of sp³-hybridized carbons (Fsp3) is 0.727. The molecule has 0 unspecified atom stereocenters. The summed E-state index contributed by atoms with van der Waals surface area (Å²) in [6, 6.07) is 0.328. The van der Waals surface area contributed by atoms with Crippen LogP contribution >= 0.6 is 10.7 Å². The Kier molecular flexibility index (Phi) is 3.50. The van der Waals surface area contributed by atoms with Crippen molar-refractivity contribution in [2.24, 2.45) is 0 Å². The minimum absolute atomic E-state index is 0.185. The Morgan fingerprint density at radius 1 is 1.24 bits per heavy atom. The molecule has 2 rings (SSSR count). The van der Waals surface area contributed by atoms with Crippen LogP contribution in [0.1, 0.15) is 49.5 Å². The maximum absolute atomic E-state index is 11.5. The van der Waals surface area contributed by atoms with E-state index < -0.39 is 9.05 Å². The molecule has 1 aromatic rings. The first-order chi connectivity index (χ1) is 7.91. The fourth-order valence-electron chi connectivity index (χ4n) is 2.68. The Morgan fingerprint density at radius 2 is 1.82 bits per heavy atom. The smallest absolute Gasteiger partial charge is 0.264 e. The maximum atomic E-state index is 11.5. The van der Waals surface area contributed by atoms with Gasteiger partial charge in [-0.2, -0.15) is 5.10 Å². The van der Waals surface area contributed by atoms with Crippen LogP contribution in [-0.4, -0.2) is 18.2 Å². The van der Waals surface area contributed by atoms with E-state index in [1.54, 1.807) is 13.8 Å². The summed E-state index contributed by atoms with van der Waals surface area (Å²) in [5.74, 6) is 0. The molecule has 0 aromatic carbocycles. The monoisotopic (exact) mass is 276 g/mol. The molecule has 0 spiro atoms. The van der Waals surface area contributed by atoms with Crippen LogP contribution in [0, 0.1) is 13.8 Å². The van der Waals surface area contributed by atoms with E-state index >= 15 is 0 Å². The van der Waals surface area contributed by atoms with E-state index in [1.807, 2.05) is 4.68 Å². The highest BCUT2D eigenvalue weighted by Crippen LogP contribution is 2.32. The van der Waals surface area contributed by atoms with Crippen LogP contribution in [-0.2, 0) is 9.05 Å². The molecule has 0 bridgehead atoms. The highest BCUT2D eigenvalue weighted by atomic mass is 35.7. The number of nitrogens with zero attached hydrogens (tertiary/aromatic N) is 2. The predicted molar refractivity (Wildman–Crippen MR) is 66.9 cm³/mol. The van der Waals surface area contributed by atoms with Gasteiger partial charge in [-0.25, -0.2) is 8.42 Å². The Hall–Kier alpha value is -0.550. The minimum atomic E-state index is -3.69. The lowest BCUT2D eigenvalue weighted by atomic mass is 9.95. The van der Waals surface area contributed by atoms with Crippen molar-refractivity contribution in [2.75, 3.05) is 0 Å². The first-order valence-corrected chi connectivity index (χ1v) is 8.22. The average molecular weight is 277 g/mol. The molecule has 0 aliphatic heterocycles. The van der Waals surface area contributed by atoms with E-state index in [-0.39, 0.29) is 4.90 Å². The standard InChI is InChI=1S/C11H17ClN2O2S/c1-8-11(17(12,15)16)9(2)14(13-8)10-6-4-3-5-7-10/h10H,3-7H2,1-2H3. The number of aromatic nitrogens is 2. The van der Waals surface area contributed by atoms with Crippen LogP contribution < -0.4 is 0 Å². The van der Waals surface area contributed by atoms with Crippen LogP contribution in [0.15, 0.2) is 4.90 Å². The molecule has 96 valence electrons. The van der Waals surface area contributed by atoms with Gasteiger partial charge in [0.25, 0.3) is 9.05 Å². The van der Waals surface area contributed by atoms with Crippen LogP contribution in [0.25, 0.3) is 0 Å². The van der Waals surface area contributed by atoms with Gasteiger partial charge >= 0.3 is 0 Å². The Balaban J connectivity index is 2.43. The summed E-state index contributed by atoms with van der Waals surface area (Å²) in [5.41, 5.74) is 1.17. The Bertz CT molecular complexity index is 516. The summed E-state index contributed by atoms with van der Waals surface area (Å²) in [5, 5.41) is 4.35. The summed E-state index contributed by atoms with van der Waals surface area (Å²) < 4.78 is 24.8. The second-order valence-electron chi connectivity index (χ2n) is 4.67. The number of hydrogen-bond donors (Lipinski definition) is 0. The summed E-state index contributed by atoms with van der Waals surface area (Å²) in [6.45, 7) is 3.48. The van der Waals surface area contributed by atoms with Crippen molar-refractivity contribution in [1.82, 2.24) is 9.78 Å². The average Bonchev–Trinajstić information content (AvgIpc) is 2.54. The van der Waals surface area contributed by atoms with Gasteiger partial charge in [0.1, 0.15) is 4.90 Å². The number of halogens is 1. The highest BCUT2D eigenvalue weighted by molar-refractivity contribution is 8.13. The molecule has 1 saturated carbocycles. The molecule has 0 amide bonds. The van der Waals surface area contributed by atoms with Gasteiger partial charge in [0, 0.05) is 10.7 Å². The second-order valence-corrected chi connectivity index (χ2v) is 7.18. The molecule has 6 heteroatoms. The van der Waals surface area contributed by atoms with E-state index in [0.717, 1.165) is 12.8 Å². The van der Waals surface area contributed by atoms with Crippen LogP contribution in [0.4, 0.5) is 0 Å². The van der Waals surface area contributed by atoms with Gasteiger partial charge in [-0.3, -0.25) is 4.68 Å². The normalized spacial score (nSPS) is 18.5. The van der Waals surface area contributed by atoms with Crippen molar-refractivity contribution in [1.29, 1.82) is 0 Å². The lowest BCUT2D eigenvalue weighted by molar-refractivity contribution is 0.323. The Labute approximate surface area is 106 Å². The molecule has 0 atom stereocenters. The summed E-state index contributed by atoms with van der Waals surface area (Å²) in [7, 11) is 1.75. The molecule has 1 aliphatic rings. The molecular weight excluding hydrogens is 260 g/mol. The predicted octanol–water partition coefficient (Wildman–Crippen LogP) is 2.93. The second kappa shape index (κ2) is 4.61. The maximum Gasteiger partial charge on any atom is 0.264 e. The van der Waals surface area contributed by atoms with Crippen molar-refractivity contribution < 1.29 is 8.42 Å². The third-order valence-electron chi connectivity index (χ3n) is 3.42. The topological polar surface area (TPSA) is 52.0 Å². The van der Waals surface area contributed by atoms with Gasteiger partial charge in [0.05, 0.1) is 17.4 Å². The van der Waals surface area contributed by atoms with Gasteiger partial charge < -0.3 is 0 Å². The van der Waals surface area contributed by atoms with Crippen LogP contribution in [0.2, 0.25) is 0 Å². The zero-order valence-corrected chi connectivity index (χ0v) is 11.7. The van der Waals surface area contributed by atoms with Gasteiger partial charge in [-0.15, -0.1) is 0 Å². The van der Waals surface area contributed by atoms with Crippen molar-refractivity contribution in [3.8, 4) is 0 Å². The van der Waals surface area contributed by atoms with E-state index in [0.29, 0.717) is 17.4 Å². The van der Waals surface area contributed by atoms with Gasteiger partial charge in [-0.05, 0) is 26.7 Å². The van der Waals surface area contributed by atoms with Crippen LogP contribution in [0.3, 0.4) is 0 Å². The van der Waals surface area contributed by atoms with E-state index in [9.17, 15) is 8.42 Å². The summed E-state index contributed by atoms with van der Waals surface area (Å²) >= 11 is 0. The summed E-state index contributed by atoms with van der Waals surface area (Å²) in [4.78, 5) is 0.185. The quantitative estimate of drug-likeness (QED) is 0.781. The third kappa shape index (κ3) is 2.50. The van der Waals surface area contributed by atoms with Gasteiger partial charge in [0.2, 0.25) is 0 Å². The largest absolute Gasteiger partial charge is 0.265 e. The van der Waals surface area contributed by atoms with E-state index in [2.05, 4.69) is 5.10 Å². The molecule has 0 radical (unpaired) electrons. The van der Waals surface area contributed by atoms with E-state index in [4.69, 9.17) is 10.7 Å². The first kappa shape index (κ1) is 12.9.